The molecule has 0 aliphatic rings. The standard InChI is InChI=1S/C13H18O3/c1-10(2)8-11(13(14)15)9-16-12-6-4-3-5-7-12/h3-7,10-11H,8-9H2,1-2H3,(H,14,15). The molecule has 0 radical (unpaired) electrons. The van der Waals surface area contributed by atoms with Crippen LogP contribution in [0.15, 0.2) is 30.3 Å². The van der Waals surface area contributed by atoms with Gasteiger partial charge in [-0.1, -0.05) is 32.0 Å². The summed E-state index contributed by atoms with van der Waals surface area (Å²) in [5.41, 5.74) is 0. The number of carbonyl (C=O) groups is 1. The van der Waals surface area contributed by atoms with Crippen molar-refractivity contribution in [2.45, 2.75) is 20.3 Å². The average Bonchev–Trinajstić information content (AvgIpc) is 2.25. The summed E-state index contributed by atoms with van der Waals surface area (Å²) in [5.74, 6) is -0.136. The predicted molar refractivity (Wildman–Crippen MR) is 62.5 cm³/mol. The van der Waals surface area contributed by atoms with Gasteiger partial charge in [-0.05, 0) is 24.5 Å². The normalized spacial score (nSPS) is 12.4. The Morgan fingerprint density at radius 1 is 1.31 bits per heavy atom. The number of carboxylic acid groups (broad SMARTS) is 1. The first kappa shape index (κ1) is 12.6. The Bertz CT molecular complexity index is 319. The zero-order valence-electron chi connectivity index (χ0n) is 9.72. The topological polar surface area (TPSA) is 46.5 Å². The van der Waals surface area contributed by atoms with E-state index in [0.717, 1.165) is 5.75 Å². The highest BCUT2D eigenvalue weighted by molar-refractivity contribution is 5.70. The van der Waals surface area contributed by atoms with E-state index in [4.69, 9.17) is 9.84 Å². The molecular formula is C13H18O3. The second-order valence-corrected chi connectivity index (χ2v) is 4.29. The van der Waals surface area contributed by atoms with Gasteiger partial charge < -0.3 is 9.84 Å². The Morgan fingerprint density at radius 3 is 2.44 bits per heavy atom. The van der Waals surface area contributed by atoms with Gasteiger partial charge in [-0.15, -0.1) is 0 Å². The summed E-state index contributed by atoms with van der Waals surface area (Å²) < 4.78 is 5.45. The molecule has 1 rings (SSSR count). The van der Waals surface area contributed by atoms with Crippen LogP contribution >= 0.6 is 0 Å². The van der Waals surface area contributed by atoms with Crippen molar-refractivity contribution in [1.29, 1.82) is 0 Å². The van der Waals surface area contributed by atoms with Gasteiger partial charge >= 0.3 is 5.97 Å². The second kappa shape index (κ2) is 6.16. The molecule has 1 N–H and O–H groups in total. The lowest BCUT2D eigenvalue weighted by molar-refractivity contribution is -0.143. The van der Waals surface area contributed by atoms with Crippen molar-refractivity contribution in [2.24, 2.45) is 11.8 Å². The van der Waals surface area contributed by atoms with Gasteiger partial charge in [-0.3, -0.25) is 4.79 Å². The second-order valence-electron chi connectivity index (χ2n) is 4.29. The maximum Gasteiger partial charge on any atom is 0.309 e. The molecule has 3 heteroatoms. The SMILES string of the molecule is CC(C)CC(COc1ccccc1)C(=O)O. The maximum atomic E-state index is 11.0. The molecule has 1 aromatic carbocycles. The van der Waals surface area contributed by atoms with Crippen LogP contribution in [-0.2, 0) is 4.79 Å². The van der Waals surface area contributed by atoms with Crippen LogP contribution in [0.1, 0.15) is 20.3 Å². The molecule has 0 bridgehead atoms. The monoisotopic (exact) mass is 222 g/mol. The van der Waals surface area contributed by atoms with Crippen molar-refractivity contribution in [3.63, 3.8) is 0 Å². The lowest BCUT2D eigenvalue weighted by Gasteiger charge is -2.15. The Labute approximate surface area is 96.1 Å². The van der Waals surface area contributed by atoms with Gasteiger partial charge in [0.25, 0.3) is 0 Å². The van der Waals surface area contributed by atoms with E-state index in [1.165, 1.54) is 0 Å². The highest BCUT2D eigenvalue weighted by atomic mass is 16.5. The van der Waals surface area contributed by atoms with Crippen LogP contribution in [0.3, 0.4) is 0 Å². The molecular weight excluding hydrogens is 204 g/mol. The van der Waals surface area contributed by atoms with Crippen LogP contribution in [0.4, 0.5) is 0 Å². The molecule has 0 aromatic heterocycles. The summed E-state index contributed by atoms with van der Waals surface area (Å²) in [7, 11) is 0. The minimum absolute atomic E-state index is 0.234. The quantitative estimate of drug-likeness (QED) is 0.805. The van der Waals surface area contributed by atoms with Crippen LogP contribution in [0.25, 0.3) is 0 Å². The zero-order chi connectivity index (χ0) is 12.0. The van der Waals surface area contributed by atoms with E-state index in [0.29, 0.717) is 12.3 Å². The number of ether oxygens (including phenoxy) is 1. The number of hydrogen-bond donors (Lipinski definition) is 1. The van der Waals surface area contributed by atoms with E-state index in [1.54, 1.807) is 0 Å². The lowest BCUT2D eigenvalue weighted by atomic mass is 9.98. The summed E-state index contributed by atoms with van der Waals surface area (Å²) in [4.78, 5) is 11.0. The van der Waals surface area contributed by atoms with Crippen LogP contribution in [0.2, 0.25) is 0 Å². The van der Waals surface area contributed by atoms with Gasteiger partial charge in [0.2, 0.25) is 0 Å². The van der Waals surface area contributed by atoms with Crippen molar-refractivity contribution in [3.8, 4) is 5.75 Å². The third kappa shape index (κ3) is 4.34. The first-order valence-electron chi connectivity index (χ1n) is 5.50. The maximum absolute atomic E-state index is 11.0. The van der Waals surface area contributed by atoms with Gasteiger partial charge in [0.05, 0.1) is 5.92 Å². The van der Waals surface area contributed by atoms with E-state index >= 15 is 0 Å². The summed E-state index contributed by atoms with van der Waals surface area (Å²) in [6.07, 6.45) is 0.641. The summed E-state index contributed by atoms with van der Waals surface area (Å²) in [5, 5.41) is 9.02. The fourth-order valence-electron chi connectivity index (χ4n) is 1.52. The number of benzene rings is 1. The molecule has 16 heavy (non-hydrogen) atoms. The molecule has 0 saturated heterocycles. The Morgan fingerprint density at radius 2 is 1.94 bits per heavy atom. The van der Waals surface area contributed by atoms with Gasteiger partial charge in [-0.25, -0.2) is 0 Å². The Balaban J connectivity index is 2.47. The third-order valence-corrected chi connectivity index (χ3v) is 2.30. The highest BCUT2D eigenvalue weighted by Crippen LogP contribution is 2.15. The van der Waals surface area contributed by atoms with Gasteiger partial charge in [0.15, 0.2) is 0 Å². The first-order valence-corrected chi connectivity index (χ1v) is 5.50. The molecule has 1 aromatic rings. The van der Waals surface area contributed by atoms with Crippen LogP contribution in [0.5, 0.6) is 5.75 Å². The molecule has 88 valence electrons. The number of rotatable bonds is 6. The van der Waals surface area contributed by atoms with E-state index < -0.39 is 11.9 Å². The summed E-state index contributed by atoms with van der Waals surface area (Å²) in [6, 6.07) is 9.29. The van der Waals surface area contributed by atoms with Crippen molar-refractivity contribution < 1.29 is 14.6 Å². The lowest BCUT2D eigenvalue weighted by Crippen LogP contribution is -2.23. The zero-order valence-corrected chi connectivity index (χ0v) is 9.72. The van der Waals surface area contributed by atoms with Crippen molar-refractivity contribution in [2.75, 3.05) is 6.61 Å². The van der Waals surface area contributed by atoms with Crippen LogP contribution in [-0.4, -0.2) is 17.7 Å². The highest BCUT2D eigenvalue weighted by Gasteiger charge is 2.19. The van der Waals surface area contributed by atoms with Crippen molar-refractivity contribution >= 4 is 5.97 Å². The number of para-hydroxylation sites is 1. The molecule has 0 amide bonds. The molecule has 1 unspecified atom stereocenters. The Kier molecular flexibility index (Phi) is 4.83. The fraction of sp³-hybridized carbons (Fsp3) is 0.462. The minimum atomic E-state index is -0.787. The molecule has 0 aliphatic carbocycles. The molecule has 1 atom stereocenters. The molecule has 0 saturated carbocycles. The van der Waals surface area contributed by atoms with Crippen molar-refractivity contribution in [1.82, 2.24) is 0 Å². The Hall–Kier alpha value is -1.51. The van der Waals surface area contributed by atoms with Crippen LogP contribution < -0.4 is 4.74 Å². The number of aliphatic carboxylic acids is 1. The molecule has 0 fully saturated rings. The largest absolute Gasteiger partial charge is 0.493 e. The molecule has 3 nitrogen and oxygen atoms in total. The predicted octanol–water partition coefficient (Wildman–Crippen LogP) is 2.81. The number of hydrogen-bond acceptors (Lipinski definition) is 2. The number of carboxylic acids is 1. The molecule has 0 aliphatic heterocycles. The van der Waals surface area contributed by atoms with Crippen molar-refractivity contribution in [3.05, 3.63) is 30.3 Å². The van der Waals surface area contributed by atoms with Gasteiger partial charge in [0.1, 0.15) is 12.4 Å². The summed E-state index contributed by atoms with van der Waals surface area (Å²) in [6.45, 7) is 4.26. The molecule has 0 spiro atoms. The van der Waals surface area contributed by atoms with E-state index in [2.05, 4.69) is 0 Å². The average molecular weight is 222 g/mol. The summed E-state index contributed by atoms with van der Waals surface area (Å²) >= 11 is 0. The third-order valence-electron chi connectivity index (χ3n) is 2.30. The van der Waals surface area contributed by atoms with Gasteiger partial charge in [-0.2, -0.15) is 0 Å². The molecule has 0 heterocycles. The first-order chi connectivity index (χ1) is 7.59. The van der Waals surface area contributed by atoms with E-state index in [1.807, 2.05) is 44.2 Å². The fourth-order valence-corrected chi connectivity index (χ4v) is 1.52. The smallest absolute Gasteiger partial charge is 0.309 e. The van der Waals surface area contributed by atoms with Gasteiger partial charge in [0, 0.05) is 0 Å². The van der Waals surface area contributed by atoms with E-state index in [-0.39, 0.29) is 6.61 Å². The van der Waals surface area contributed by atoms with E-state index in [9.17, 15) is 4.79 Å². The van der Waals surface area contributed by atoms with Crippen LogP contribution in [0, 0.1) is 11.8 Å². The minimum Gasteiger partial charge on any atom is -0.493 e.